The lowest BCUT2D eigenvalue weighted by atomic mass is 10.1. The van der Waals surface area contributed by atoms with Gasteiger partial charge in [-0.2, -0.15) is 0 Å². The van der Waals surface area contributed by atoms with E-state index in [9.17, 15) is 9.90 Å². The number of aromatic carboxylic acids is 1. The maximum absolute atomic E-state index is 11.4. The topological polar surface area (TPSA) is 81.0 Å². The fourth-order valence-electron chi connectivity index (χ4n) is 1.67. The SMILES string of the molecule is COc1ccc(/C=N\c2nccs2)c(C(=O)O)c1OC. The Bertz CT molecular complexity index is 638. The maximum atomic E-state index is 11.4. The number of nitrogens with zero attached hydrogens (tertiary/aromatic N) is 2. The monoisotopic (exact) mass is 292 g/mol. The zero-order valence-corrected chi connectivity index (χ0v) is 11.7. The predicted molar refractivity (Wildman–Crippen MR) is 75.9 cm³/mol. The van der Waals surface area contributed by atoms with Crippen LogP contribution in [0.1, 0.15) is 15.9 Å². The van der Waals surface area contributed by atoms with Gasteiger partial charge in [-0.25, -0.2) is 14.8 Å². The molecule has 104 valence electrons. The second kappa shape index (κ2) is 6.16. The number of aliphatic imine (C=N–C) groups is 1. The van der Waals surface area contributed by atoms with E-state index in [4.69, 9.17) is 9.47 Å². The number of benzene rings is 1. The minimum Gasteiger partial charge on any atom is -0.493 e. The molecule has 2 rings (SSSR count). The molecule has 0 fully saturated rings. The van der Waals surface area contributed by atoms with Crippen molar-refractivity contribution < 1.29 is 19.4 Å². The fourth-order valence-corrected chi connectivity index (χ4v) is 2.15. The van der Waals surface area contributed by atoms with E-state index >= 15 is 0 Å². The van der Waals surface area contributed by atoms with E-state index in [2.05, 4.69) is 9.98 Å². The number of methoxy groups -OCH3 is 2. The lowest BCUT2D eigenvalue weighted by molar-refractivity contribution is 0.0692. The third-order valence-corrected chi connectivity index (χ3v) is 3.20. The van der Waals surface area contributed by atoms with Crippen LogP contribution in [0, 0.1) is 0 Å². The molecule has 0 atom stereocenters. The quantitative estimate of drug-likeness (QED) is 0.857. The van der Waals surface area contributed by atoms with E-state index in [1.54, 1.807) is 23.7 Å². The van der Waals surface area contributed by atoms with E-state index in [1.807, 2.05) is 0 Å². The Morgan fingerprint density at radius 1 is 1.40 bits per heavy atom. The fraction of sp³-hybridized carbons (Fsp3) is 0.154. The van der Waals surface area contributed by atoms with Crippen LogP contribution in [0.3, 0.4) is 0 Å². The van der Waals surface area contributed by atoms with Crippen molar-refractivity contribution in [1.29, 1.82) is 0 Å². The second-order valence-electron chi connectivity index (χ2n) is 3.64. The van der Waals surface area contributed by atoms with Crippen molar-refractivity contribution in [3.8, 4) is 11.5 Å². The van der Waals surface area contributed by atoms with Gasteiger partial charge >= 0.3 is 5.97 Å². The summed E-state index contributed by atoms with van der Waals surface area (Å²) in [6.45, 7) is 0. The van der Waals surface area contributed by atoms with Crippen LogP contribution in [-0.2, 0) is 0 Å². The Labute approximate surface area is 119 Å². The number of thiazole rings is 1. The number of hydrogen-bond acceptors (Lipinski definition) is 6. The van der Waals surface area contributed by atoms with Gasteiger partial charge in [-0.15, -0.1) is 11.3 Å². The standard InChI is InChI=1S/C13H12N2O4S/c1-18-9-4-3-8(7-15-13-14-5-6-20-13)10(12(16)17)11(9)19-2/h3-7H,1-2H3,(H,16,17)/b15-7-. The van der Waals surface area contributed by atoms with Crippen LogP contribution >= 0.6 is 11.3 Å². The zero-order chi connectivity index (χ0) is 14.5. The van der Waals surface area contributed by atoms with Gasteiger partial charge in [-0.1, -0.05) is 0 Å². The first-order chi connectivity index (χ1) is 9.67. The smallest absolute Gasteiger partial charge is 0.340 e. The van der Waals surface area contributed by atoms with Gasteiger partial charge in [0.25, 0.3) is 0 Å². The first kappa shape index (κ1) is 14.0. The molecule has 0 spiro atoms. The molecule has 0 saturated carbocycles. The highest BCUT2D eigenvalue weighted by Crippen LogP contribution is 2.33. The average molecular weight is 292 g/mol. The van der Waals surface area contributed by atoms with Crippen molar-refractivity contribution in [2.24, 2.45) is 4.99 Å². The van der Waals surface area contributed by atoms with Crippen molar-refractivity contribution in [1.82, 2.24) is 4.98 Å². The Balaban J connectivity index is 2.50. The molecule has 0 saturated heterocycles. The Hall–Kier alpha value is -2.41. The van der Waals surface area contributed by atoms with E-state index < -0.39 is 5.97 Å². The summed E-state index contributed by atoms with van der Waals surface area (Å²) in [6.07, 6.45) is 3.08. The number of carboxylic acid groups (broad SMARTS) is 1. The molecule has 1 N–H and O–H groups in total. The van der Waals surface area contributed by atoms with Crippen LogP contribution in [0.5, 0.6) is 11.5 Å². The summed E-state index contributed by atoms with van der Waals surface area (Å²) in [4.78, 5) is 19.6. The molecule has 2 aromatic rings. The van der Waals surface area contributed by atoms with Crippen molar-refractivity contribution in [3.05, 3.63) is 34.8 Å². The summed E-state index contributed by atoms with van der Waals surface area (Å²) >= 11 is 1.36. The number of rotatable bonds is 5. The molecule has 0 amide bonds. The number of hydrogen-bond donors (Lipinski definition) is 1. The molecule has 7 heteroatoms. The molecule has 6 nitrogen and oxygen atoms in total. The summed E-state index contributed by atoms with van der Waals surface area (Å²) in [5, 5.41) is 11.7. The minimum atomic E-state index is -1.11. The summed E-state index contributed by atoms with van der Waals surface area (Å²) in [5.41, 5.74) is 0.428. The molecule has 1 heterocycles. The van der Waals surface area contributed by atoms with E-state index in [0.717, 1.165) is 0 Å². The summed E-state index contributed by atoms with van der Waals surface area (Å²) in [6, 6.07) is 3.25. The molecule has 20 heavy (non-hydrogen) atoms. The van der Waals surface area contributed by atoms with Gasteiger partial charge in [0.1, 0.15) is 5.56 Å². The molecule has 0 bridgehead atoms. The van der Waals surface area contributed by atoms with Crippen LogP contribution < -0.4 is 9.47 Å². The third-order valence-electron chi connectivity index (χ3n) is 2.53. The van der Waals surface area contributed by atoms with Gasteiger partial charge in [0.2, 0.25) is 5.13 Å². The van der Waals surface area contributed by atoms with Crippen LogP contribution in [0.4, 0.5) is 5.13 Å². The summed E-state index contributed by atoms with van der Waals surface area (Å²) in [5.74, 6) is -0.583. The van der Waals surface area contributed by atoms with Crippen LogP contribution in [0.15, 0.2) is 28.7 Å². The minimum absolute atomic E-state index is 0.00663. The van der Waals surface area contributed by atoms with Gasteiger partial charge in [0.05, 0.1) is 14.2 Å². The first-order valence-electron chi connectivity index (χ1n) is 5.59. The van der Waals surface area contributed by atoms with Crippen LogP contribution in [0.25, 0.3) is 0 Å². The third kappa shape index (κ3) is 2.77. The number of carbonyl (C=O) groups is 1. The summed E-state index contributed by atoms with van der Waals surface area (Å²) in [7, 11) is 2.85. The predicted octanol–water partition coefficient (Wildman–Crippen LogP) is 2.61. The second-order valence-corrected chi connectivity index (χ2v) is 4.52. The number of ether oxygens (including phenoxy) is 2. The van der Waals surface area contributed by atoms with Gasteiger partial charge < -0.3 is 14.6 Å². The van der Waals surface area contributed by atoms with Crippen LogP contribution in [-0.4, -0.2) is 36.5 Å². The highest BCUT2D eigenvalue weighted by Gasteiger charge is 2.19. The molecule has 0 aliphatic carbocycles. The van der Waals surface area contributed by atoms with Gasteiger partial charge in [0, 0.05) is 23.4 Å². The summed E-state index contributed by atoms with van der Waals surface area (Å²) < 4.78 is 10.2. The molecule has 0 unspecified atom stereocenters. The lowest BCUT2D eigenvalue weighted by Gasteiger charge is -2.12. The Kier molecular flexibility index (Phi) is 4.31. The molecule has 1 aromatic carbocycles. The number of aromatic nitrogens is 1. The van der Waals surface area contributed by atoms with Crippen molar-refractivity contribution >= 4 is 28.7 Å². The van der Waals surface area contributed by atoms with Crippen LogP contribution in [0.2, 0.25) is 0 Å². The first-order valence-corrected chi connectivity index (χ1v) is 6.47. The Morgan fingerprint density at radius 2 is 2.20 bits per heavy atom. The molecule has 1 aromatic heterocycles. The molecular formula is C13H12N2O4S. The molecular weight excluding hydrogens is 280 g/mol. The normalized spacial score (nSPS) is 10.7. The largest absolute Gasteiger partial charge is 0.493 e. The zero-order valence-electron chi connectivity index (χ0n) is 10.9. The number of carboxylic acids is 1. The average Bonchev–Trinajstić information content (AvgIpc) is 2.96. The van der Waals surface area contributed by atoms with E-state index in [1.165, 1.54) is 31.8 Å². The lowest BCUT2D eigenvalue weighted by Crippen LogP contribution is -2.06. The highest BCUT2D eigenvalue weighted by molar-refractivity contribution is 7.13. The highest BCUT2D eigenvalue weighted by atomic mass is 32.1. The van der Waals surface area contributed by atoms with E-state index in [-0.39, 0.29) is 11.3 Å². The molecule has 0 radical (unpaired) electrons. The molecule has 0 aliphatic heterocycles. The van der Waals surface area contributed by atoms with Gasteiger partial charge in [0.15, 0.2) is 11.5 Å². The van der Waals surface area contributed by atoms with Crippen molar-refractivity contribution in [2.45, 2.75) is 0 Å². The van der Waals surface area contributed by atoms with Crippen molar-refractivity contribution in [2.75, 3.05) is 14.2 Å². The Morgan fingerprint density at radius 3 is 2.75 bits per heavy atom. The van der Waals surface area contributed by atoms with Crippen molar-refractivity contribution in [3.63, 3.8) is 0 Å². The molecule has 0 aliphatic rings. The van der Waals surface area contributed by atoms with Gasteiger partial charge in [-0.05, 0) is 12.1 Å². The maximum Gasteiger partial charge on any atom is 0.340 e. The van der Waals surface area contributed by atoms with E-state index in [0.29, 0.717) is 16.4 Å². The van der Waals surface area contributed by atoms with Gasteiger partial charge in [-0.3, -0.25) is 0 Å².